The SMILES string of the molecule is COc1ccc(NC(=O)C(C)(C)N(C(=O)CC2C(c3c(C)[nH]c4ccccc34)C2(C)C)C2CC2)cc1. The molecule has 1 heterocycles. The molecular weight excluding hydrogens is 450 g/mol. The number of benzene rings is 2. The zero-order valence-electron chi connectivity index (χ0n) is 22.1. The molecule has 2 N–H and O–H groups in total. The van der Waals surface area contributed by atoms with Crippen molar-refractivity contribution in [1.29, 1.82) is 0 Å². The molecule has 2 saturated carbocycles. The summed E-state index contributed by atoms with van der Waals surface area (Å²) in [6, 6.07) is 15.8. The Morgan fingerprint density at radius 3 is 2.42 bits per heavy atom. The summed E-state index contributed by atoms with van der Waals surface area (Å²) in [4.78, 5) is 32.6. The molecule has 2 atom stereocenters. The Balaban J connectivity index is 1.34. The largest absolute Gasteiger partial charge is 0.497 e. The zero-order valence-corrected chi connectivity index (χ0v) is 22.1. The van der Waals surface area contributed by atoms with Crippen molar-refractivity contribution < 1.29 is 14.3 Å². The van der Waals surface area contributed by atoms with E-state index in [-0.39, 0.29) is 29.2 Å². The van der Waals surface area contributed by atoms with Gasteiger partial charge < -0.3 is 19.9 Å². The topological polar surface area (TPSA) is 74.4 Å². The van der Waals surface area contributed by atoms with Crippen LogP contribution in [0, 0.1) is 18.3 Å². The zero-order chi connectivity index (χ0) is 25.8. The number of carbonyl (C=O) groups is 2. The van der Waals surface area contributed by atoms with Gasteiger partial charge in [-0.05, 0) is 86.8 Å². The highest BCUT2D eigenvalue weighted by Crippen LogP contribution is 2.67. The third kappa shape index (κ3) is 4.16. The van der Waals surface area contributed by atoms with Crippen molar-refractivity contribution in [3.05, 3.63) is 59.8 Å². The highest BCUT2D eigenvalue weighted by Gasteiger charge is 2.60. The van der Waals surface area contributed by atoms with Gasteiger partial charge in [0.1, 0.15) is 11.3 Å². The van der Waals surface area contributed by atoms with E-state index in [4.69, 9.17) is 4.74 Å². The number of carbonyl (C=O) groups excluding carboxylic acids is 2. The molecule has 2 aromatic carbocycles. The van der Waals surface area contributed by atoms with Crippen LogP contribution in [0.25, 0.3) is 10.9 Å². The van der Waals surface area contributed by atoms with Crippen LogP contribution < -0.4 is 10.1 Å². The first kappa shape index (κ1) is 24.4. The summed E-state index contributed by atoms with van der Waals surface area (Å²) in [6.07, 6.45) is 2.35. The summed E-state index contributed by atoms with van der Waals surface area (Å²) in [7, 11) is 1.61. The monoisotopic (exact) mass is 487 g/mol. The lowest BCUT2D eigenvalue weighted by atomic mass is 9.98. The van der Waals surface area contributed by atoms with Gasteiger partial charge in [-0.2, -0.15) is 0 Å². The average molecular weight is 488 g/mol. The quantitative estimate of drug-likeness (QED) is 0.408. The van der Waals surface area contributed by atoms with Gasteiger partial charge in [-0.25, -0.2) is 0 Å². The highest BCUT2D eigenvalue weighted by molar-refractivity contribution is 6.00. The Morgan fingerprint density at radius 1 is 1.11 bits per heavy atom. The van der Waals surface area contributed by atoms with Crippen molar-refractivity contribution >= 4 is 28.4 Å². The Labute approximate surface area is 213 Å². The maximum atomic E-state index is 13.8. The molecule has 5 rings (SSSR count). The van der Waals surface area contributed by atoms with Crippen LogP contribution in [-0.4, -0.2) is 40.4 Å². The average Bonchev–Trinajstić information content (AvgIpc) is 3.72. The van der Waals surface area contributed by atoms with Gasteiger partial charge in [0.2, 0.25) is 11.8 Å². The highest BCUT2D eigenvalue weighted by atomic mass is 16.5. The predicted octanol–water partition coefficient (Wildman–Crippen LogP) is 6.02. The fraction of sp³-hybridized carbons (Fsp3) is 0.467. The van der Waals surface area contributed by atoms with Crippen LogP contribution in [0.5, 0.6) is 5.75 Å². The van der Waals surface area contributed by atoms with E-state index in [0.29, 0.717) is 18.0 Å². The van der Waals surface area contributed by atoms with E-state index < -0.39 is 5.54 Å². The number of H-pyrrole nitrogens is 1. The Kier molecular flexibility index (Phi) is 5.89. The number of nitrogens with one attached hydrogen (secondary N) is 2. The molecule has 6 heteroatoms. The van der Waals surface area contributed by atoms with E-state index in [9.17, 15) is 9.59 Å². The summed E-state index contributed by atoms with van der Waals surface area (Å²) < 4.78 is 5.21. The molecule has 6 nitrogen and oxygen atoms in total. The molecule has 2 fully saturated rings. The summed E-state index contributed by atoms with van der Waals surface area (Å²) in [5.41, 5.74) is 3.42. The van der Waals surface area contributed by atoms with Gasteiger partial charge >= 0.3 is 0 Å². The third-order valence-electron chi connectivity index (χ3n) is 8.39. The Morgan fingerprint density at radius 2 is 1.78 bits per heavy atom. The second kappa shape index (κ2) is 8.68. The molecule has 0 radical (unpaired) electrons. The number of aryl methyl sites for hydroxylation is 1. The normalized spacial score (nSPS) is 20.7. The van der Waals surface area contributed by atoms with Crippen LogP contribution >= 0.6 is 0 Å². The predicted molar refractivity (Wildman–Crippen MR) is 143 cm³/mol. The van der Waals surface area contributed by atoms with Crippen LogP contribution in [0.4, 0.5) is 5.69 Å². The number of rotatable bonds is 8. The number of amides is 2. The minimum absolute atomic E-state index is 0.0239. The molecule has 2 aliphatic rings. The maximum Gasteiger partial charge on any atom is 0.249 e. The molecule has 0 saturated heterocycles. The first-order valence-corrected chi connectivity index (χ1v) is 12.9. The number of anilines is 1. The maximum absolute atomic E-state index is 13.8. The lowest BCUT2D eigenvalue weighted by molar-refractivity contribution is -0.144. The minimum atomic E-state index is -0.955. The van der Waals surface area contributed by atoms with Crippen molar-refractivity contribution in [2.75, 3.05) is 12.4 Å². The van der Waals surface area contributed by atoms with E-state index >= 15 is 0 Å². The van der Waals surface area contributed by atoms with E-state index in [1.54, 1.807) is 7.11 Å². The number of hydrogen-bond acceptors (Lipinski definition) is 3. The lowest BCUT2D eigenvalue weighted by Crippen LogP contribution is -2.56. The number of nitrogens with zero attached hydrogens (tertiary/aromatic N) is 1. The molecule has 2 aliphatic carbocycles. The van der Waals surface area contributed by atoms with E-state index in [0.717, 1.165) is 24.1 Å². The van der Waals surface area contributed by atoms with Crippen molar-refractivity contribution in [2.24, 2.45) is 11.3 Å². The van der Waals surface area contributed by atoms with Gasteiger partial charge in [0.15, 0.2) is 0 Å². The van der Waals surface area contributed by atoms with Crippen LogP contribution in [-0.2, 0) is 9.59 Å². The molecule has 2 unspecified atom stereocenters. The molecule has 3 aromatic rings. The lowest BCUT2D eigenvalue weighted by Gasteiger charge is -2.38. The molecule has 2 amide bonds. The number of methoxy groups -OCH3 is 1. The second-order valence-corrected chi connectivity index (χ2v) is 11.6. The van der Waals surface area contributed by atoms with E-state index in [2.05, 4.69) is 49.3 Å². The molecule has 0 bridgehead atoms. The summed E-state index contributed by atoms with van der Waals surface area (Å²) in [6.45, 7) is 10.4. The summed E-state index contributed by atoms with van der Waals surface area (Å²) >= 11 is 0. The van der Waals surface area contributed by atoms with E-state index in [1.165, 1.54) is 16.6 Å². The molecule has 190 valence electrons. The van der Waals surface area contributed by atoms with E-state index in [1.807, 2.05) is 49.1 Å². The number of aromatic nitrogens is 1. The van der Waals surface area contributed by atoms with Crippen molar-refractivity contribution in [3.8, 4) is 5.75 Å². The van der Waals surface area contributed by atoms with Gasteiger partial charge in [-0.1, -0.05) is 32.0 Å². The summed E-state index contributed by atoms with van der Waals surface area (Å²) in [5.74, 6) is 1.19. The third-order valence-corrected chi connectivity index (χ3v) is 8.39. The number of fused-ring (bicyclic) bond motifs is 1. The van der Waals surface area contributed by atoms with Crippen LogP contribution in [0.1, 0.15) is 64.1 Å². The first-order chi connectivity index (χ1) is 17.1. The number of hydrogen-bond donors (Lipinski definition) is 2. The number of aromatic amines is 1. The van der Waals surface area contributed by atoms with Gasteiger partial charge in [-0.3, -0.25) is 9.59 Å². The fourth-order valence-electron chi connectivity index (χ4n) is 6.06. The standard InChI is InChI=1S/C30H37N3O3/c1-18-26(22-9-7-8-10-24(22)31-18)27-23(29(27,2)3)17-25(34)33(20-13-14-20)30(4,5)28(35)32-19-11-15-21(36-6)16-12-19/h7-12,15-16,20,23,27,31H,13-14,17H2,1-6H3,(H,32,35). The van der Waals surface area contributed by atoms with Gasteiger partial charge in [-0.15, -0.1) is 0 Å². The second-order valence-electron chi connectivity index (χ2n) is 11.6. The van der Waals surface area contributed by atoms with Crippen LogP contribution in [0.2, 0.25) is 0 Å². The summed E-state index contributed by atoms with van der Waals surface area (Å²) in [5, 5.41) is 4.25. The van der Waals surface area contributed by atoms with Gasteiger partial charge in [0.25, 0.3) is 0 Å². The van der Waals surface area contributed by atoms with Gasteiger partial charge in [0.05, 0.1) is 7.11 Å². The number of para-hydroxylation sites is 1. The smallest absolute Gasteiger partial charge is 0.249 e. The number of ether oxygens (including phenoxy) is 1. The van der Waals surface area contributed by atoms with Crippen LogP contribution in [0.3, 0.4) is 0 Å². The minimum Gasteiger partial charge on any atom is -0.497 e. The first-order valence-electron chi connectivity index (χ1n) is 12.9. The van der Waals surface area contributed by atoms with Crippen molar-refractivity contribution in [3.63, 3.8) is 0 Å². The molecule has 0 spiro atoms. The van der Waals surface area contributed by atoms with Crippen molar-refractivity contribution in [1.82, 2.24) is 9.88 Å². The van der Waals surface area contributed by atoms with Crippen LogP contribution in [0.15, 0.2) is 48.5 Å². The molecule has 1 aromatic heterocycles. The van der Waals surface area contributed by atoms with Crippen molar-refractivity contribution in [2.45, 2.75) is 71.4 Å². The Bertz CT molecular complexity index is 1300. The molecule has 0 aliphatic heterocycles. The molecular formula is C30H37N3O3. The fourth-order valence-corrected chi connectivity index (χ4v) is 6.06. The molecule has 36 heavy (non-hydrogen) atoms. The Hall–Kier alpha value is -3.28. The van der Waals surface area contributed by atoms with Gasteiger partial charge in [0, 0.05) is 34.7 Å².